The summed E-state index contributed by atoms with van der Waals surface area (Å²) in [5.74, 6) is -0.772. The molecule has 0 aliphatic carbocycles. The molecule has 0 N–H and O–H groups in total. The molecule has 0 spiro atoms. The van der Waals surface area contributed by atoms with Crippen molar-refractivity contribution < 1.29 is 9.18 Å². The van der Waals surface area contributed by atoms with Crippen molar-refractivity contribution in [2.24, 2.45) is 0 Å². The second-order valence-corrected chi connectivity index (χ2v) is 5.19. The van der Waals surface area contributed by atoms with Crippen LogP contribution in [0.5, 0.6) is 0 Å². The molecule has 0 aromatic carbocycles. The van der Waals surface area contributed by atoms with Crippen LogP contribution in [0.2, 0.25) is 5.15 Å². The molecule has 0 radical (unpaired) electrons. The van der Waals surface area contributed by atoms with E-state index in [2.05, 4.69) is 4.98 Å². The van der Waals surface area contributed by atoms with Gasteiger partial charge in [-0.1, -0.05) is 11.6 Å². The number of rotatable bonds is 1. The molecule has 2 rings (SSSR count). The lowest BCUT2D eigenvalue weighted by Crippen LogP contribution is -2.47. The summed E-state index contributed by atoms with van der Waals surface area (Å²) in [6, 6.07) is 1.47. The minimum Gasteiger partial charge on any atom is -0.333 e. The van der Waals surface area contributed by atoms with E-state index in [1.165, 1.54) is 0 Å². The Labute approximate surface area is 111 Å². The maximum atomic E-state index is 13.2. The molecule has 1 aliphatic rings. The Kier molecular flexibility index (Phi) is 3.85. The molecule has 2 heterocycles. The smallest absolute Gasteiger partial charge is 0.257 e. The van der Waals surface area contributed by atoms with Gasteiger partial charge in [-0.05, 0) is 39.2 Å². The molecule has 1 saturated heterocycles. The third kappa shape index (κ3) is 2.48. The summed E-state index contributed by atoms with van der Waals surface area (Å²) in [7, 11) is 0. The fourth-order valence-electron chi connectivity index (χ4n) is 2.53. The zero-order valence-corrected chi connectivity index (χ0v) is 11.2. The molecule has 0 saturated carbocycles. The van der Waals surface area contributed by atoms with Crippen LogP contribution in [0.25, 0.3) is 0 Å². The number of nitrogens with zero attached hydrogens (tertiary/aromatic N) is 2. The van der Waals surface area contributed by atoms with E-state index in [0.29, 0.717) is 0 Å². The van der Waals surface area contributed by atoms with Gasteiger partial charge >= 0.3 is 0 Å². The first-order valence-corrected chi connectivity index (χ1v) is 6.52. The summed E-state index contributed by atoms with van der Waals surface area (Å²) in [4.78, 5) is 17.9. The van der Waals surface area contributed by atoms with Gasteiger partial charge in [-0.25, -0.2) is 9.37 Å². The quantitative estimate of drug-likeness (QED) is 0.734. The molecule has 3 nitrogen and oxygen atoms in total. The highest BCUT2D eigenvalue weighted by Gasteiger charge is 2.31. The van der Waals surface area contributed by atoms with Gasteiger partial charge < -0.3 is 4.90 Å². The van der Waals surface area contributed by atoms with E-state index in [9.17, 15) is 9.18 Å². The number of likely N-dealkylation sites (tertiary alicyclic amines) is 1. The largest absolute Gasteiger partial charge is 0.333 e. The Hall–Kier alpha value is -1.16. The Bertz CT molecular complexity index is 456. The number of aromatic nitrogens is 1. The molecule has 18 heavy (non-hydrogen) atoms. The summed E-state index contributed by atoms with van der Waals surface area (Å²) >= 11 is 5.88. The molecular formula is C13H16ClFN2O. The van der Waals surface area contributed by atoms with Gasteiger partial charge in [0.2, 0.25) is 0 Å². The molecule has 98 valence electrons. The lowest BCUT2D eigenvalue weighted by Gasteiger charge is -2.39. The van der Waals surface area contributed by atoms with Crippen molar-refractivity contribution >= 4 is 17.5 Å². The number of hydrogen-bond acceptors (Lipinski definition) is 2. The van der Waals surface area contributed by atoms with Gasteiger partial charge in [0.15, 0.2) is 0 Å². The van der Waals surface area contributed by atoms with E-state index >= 15 is 0 Å². The molecule has 1 aromatic rings. The predicted octanol–water partition coefficient (Wildman–Crippen LogP) is 3.28. The zero-order valence-electron chi connectivity index (χ0n) is 10.5. The Balaban J connectivity index is 2.32. The molecule has 0 bridgehead atoms. The monoisotopic (exact) mass is 270 g/mol. The fourth-order valence-corrected chi connectivity index (χ4v) is 2.72. The molecule has 1 amide bonds. The topological polar surface area (TPSA) is 33.2 Å². The maximum absolute atomic E-state index is 13.2. The van der Waals surface area contributed by atoms with E-state index in [-0.39, 0.29) is 28.7 Å². The Morgan fingerprint density at radius 3 is 2.67 bits per heavy atom. The Morgan fingerprint density at radius 2 is 2.06 bits per heavy atom. The maximum Gasteiger partial charge on any atom is 0.257 e. The number of hydrogen-bond donors (Lipinski definition) is 0. The van der Waals surface area contributed by atoms with Crippen LogP contribution in [0.3, 0.4) is 0 Å². The fraction of sp³-hybridized carbons (Fsp3) is 0.538. The van der Waals surface area contributed by atoms with Crippen molar-refractivity contribution in [3.8, 4) is 0 Å². The van der Waals surface area contributed by atoms with Crippen molar-refractivity contribution in [1.29, 1.82) is 0 Å². The van der Waals surface area contributed by atoms with Crippen molar-refractivity contribution in [3.63, 3.8) is 0 Å². The van der Waals surface area contributed by atoms with Crippen LogP contribution in [-0.2, 0) is 0 Å². The summed E-state index contributed by atoms with van der Waals surface area (Å²) in [6.07, 6.45) is 4.07. The van der Waals surface area contributed by atoms with E-state index in [1.807, 2.05) is 13.8 Å². The molecule has 5 heteroatoms. The van der Waals surface area contributed by atoms with Crippen molar-refractivity contribution in [2.75, 3.05) is 0 Å². The first-order valence-electron chi connectivity index (χ1n) is 6.14. The number of piperidine rings is 1. The predicted molar refractivity (Wildman–Crippen MR) is 68.1 cm³/mol. The molecule has 1 fully saturated rings. The Morgan fingerprint density at radius 1 is 1.44 bits per heavy atom. The van der Waals surface area contributed by atoms with Gasteiger partial charge in [0.05, 0.1) is 11.8 Å². The molecular weight excluding hydrogens is 255 g/mol. The van der Waals surface area contributed by atoms with Crippen molar-refractivity contribution in [1.82, 2.24) is 9.88 Å². The lowest BCUT2D eigenvalue weighted by atomic mass is 9.96. The van der Waals surface area contributed by atoms with Crippen LogP contribution in [0.4, 0.5) is 4.39 Å². The standard InChI is InChI=1S/C13H16ClFN2O/c1-8-4-3-5-9(2)17(8)13(18)11-6-10(15)7-16-12(11)14/h6-9H,3-5H2,1-2H3/t8-,9+. The van der Waals surface area contributed by atoms with Gasteiger partial charge in [0, 0.05) is 12.1 Å². The van der Waals surface area contributed by atoms with Crippen LogP contribution in [0.15, 0.2) is 12.3 Å². The van der Waals surface area contributed by atoms with Gasteiger partial charge in [0.25, 0.3) is 5.91 Å². The van der Waals surface area contributed by atoms with E-state index in [1.54, 1.807) is 4.90 Å². The first kappa shape index (κ1) is 13.3. The van der Waals surface area contributed by atoms with E-state index in [0.717, 1.165) is 31.5 Å². The second-order valence-electron chi connectivity index (χ2n) is 4.83. The average molecular weight is 271 g/mol. The van der Waals surface area contributed by atoms with E-state index in [4.69, 9.17) is 11.6 Å². The highest BCUT2D eigenvalue weighted by atomic mass is 35.5. The molecule has 2 atom stereocenters. The number of halogens is 2. The highest BCUT2D eigenvalue weighted by Crippen LogP contribution is 2.26. The van der Waals surface area contributed by atoms with Gasteiger partial charge in [-0.3, -0.25) is 4.79 Å². The molecule has 1 aliphatic heterocycles. The summed E-state index contributed by atoms with van der Waals surface area (Å²) < 4.78 is 13.2. The zero-order chi connectivity index (χ0) is 13.3. The van der Waals surface area contributed by atoms with E-state index < -0.39 is 5.82 Å². The lowest BCUT2D eigenvalue weighted by molar-refractivity contribution is 0.0510. The highest BCUT2D eigenvalue weighted by molar-refractivity contribution is 6.32. The van der Waals surface area contributed by atoms with Crippen LogP contribution in [0.1, 0.15) is 43.5 Å². The summed E-state index contributed by atoms with van der Waals surface area (Å²) in [5, 5.41) is 0.0615. The van der Waals surface area contributed by atoms with Crippen LogP contribution in [-0.4, -0.2) is 27.9 Å². The number of amides is 1. The number of carbonyl (C=O) groups excluding carboxylic acids is 1. The molecule has 0 unspecified atom stereocenters. The third-order valence-electron chi connectivity index (χ3n) is 3.46. The summed E-state index contributed by atoms with van der Waals surface area (Å²) in [5.41, 5.74) is 0.150. The third-order valence-corrected chi connectivity index (χ3v) is 3.77. The van der Waals surface area contributed by atoms with Gasteiger partial charge in [-0.2, -0.15) is 0 Å². The number of pyridine rings is 1. The van der Waals surface area contributed by atoms with Gasteiger partial charge in [-0.15, -0.1) is 0 Å². The van der Waals surface area contributed by atoms with Crippen LogP contribution in [0, 0.1) is 5.82 Å². The average Bonchev–Trinajstić information content (AvgIpc) is 2.32. The number of carbonyl (C=O) groups is 1. The van der Waals surface area contributed by atoms with Crippen LogP contribution >= 0.6 is 11.6 Å². The normalized spacial score (nSPS) is 24.1. The van der Waals surface area contributed by atoms with Crippen molar-refractivity contribution in [2.45, 2.75) is 45.2 Å². The van der Waals surface area contributed by atoms with Crippen LogP contribution < -0.4 is 0 Å². The van der Waals surface area contributed by atoms with Crippen molar-refractivity contribution in [3.05, 3.63) is 28.8 Å². The second kappa shape index (κ2) is 5.22. The minimum atomic E-state index is -0.542. The summed E-state index contributed by atoms with van der Waals surface area (Å²) in [6.45, 7) is 4.02. The minimum absolute atomic E-state index is 0.0615. The molecule has 1 aromatic heterocycles. The first-order chi connectivity index (χ1) is 8.50. The van der Waals surface area contributed by atoms with Gasteiger partial charge in [0.1, 0.15) is 11.0 Å². The SMILES string of the molecule is C[C@@H]1CCC[C@H](C)N1C(=O)c1cc(F)cnc1Cl.